The lowest BCUT2D eigenvalue weighted by Crippen LogP contribution is -2.45. The minimum atomic E-state index is -0.663. The number of rotatable bonds is 66. The monoisotopic (exact) mass is 1110 g/mol. The molecule has 0 aliphatic rings. The highest BCUT2D eigenvalue weighted by Gasteiger charge is 2.20. The number of aliphatic hydroxyl groups excluding tert-OH is 2. The number of aliphatic hydroxyl groups is 2. The fourth-order valence-electron chi connectivity index (χ4n) is 10.9. The number of carbonyl (C=O) groups is 2. The van der Waals surface area contributed by atoms with Gasteiger partial charge in [0, 0.05) is 12.8 Å². The van der Waals surface area contributed by atoms with Crippen LogP contribution in [-0.4, -0.2) is 47.4 Å². The maximum Gasteiger partial charge on any atom is 0.305 e. The second-order valence-electron chi connectivity index (χ2n) is 24.2. The lowest BCUT2D eigenvalue weighted by molar-refractivity contribution is -0.143. The van der Waals surface area contributed by atoms with E-state index in [0.29, 0.717) is 25.9 Å². The summed E-state index contributed by atoms with van der Waals surface area (Å²) in [5.41, 5.74) is 0. The molecule has 6 heteroatoms. The summed E-state index contributed by atoms with van der Waals surface area (Å²) < 4.78 is 5.48. The molecule has 0 heterocycles. The summed E-state index contributed by atoms with van der Waals surface area (Å²) in [6.07, 6.45) is 88.8. The number of carbonyl (C=O) groups excluding carboxylic acids is 2. The molecule has 0 bridgehead atoms. The molecular formula is C73H137NO5. The van der Waals surface area contributed by atoms with Crippen LogP contribution in [0.15, 0.2) is 48.6 Å². The van der Waals surface area contributed by atoms with Crippen LogP contribution in [0, 0.1) is 0 Å². The van der Waals surface area contributed by atoms with E-state index in [1.807, 2.05) is 0 Å². The fraction of sp³-hybridized carbons (Fsp3) is 0.863. The van der Waals surface area contributed by atoms with E-state index in [0.717, 1.165) is 57.8 Å². The minimum Gasteiger partial charge on any atom is -0.466 e. The van der Waals surface area contributed by atoms with Gasteiger partial charge in [-0.3, -0.25) is 9.59 Å². The first-order valence-corrected chi connectivity index (χ1v) is 35.4. The molecule has 0 aliphatic heterocycles. The Bertz CT molecular complexity index is 1320. The lowest BCUT2D eigenvalue weighted by Gasteiger charge is -2.22. The molecule has 0 fully saturated rings. The number of unbranched alkanes of at least 4 members (excludes halogenated alkanes) is 47. The van der Waals surface area contributed by atoms with Gasteiger partial charge in [0.1, 0.15) is 0 Å². The van der Waals surface area contributed by atoms with Gasteiger partial charge >= 0.3 is 5.97 Å². The van der Waals surface area contributed by atoms with E-state index in [2.05, 4.69) is 67.8 Å². The summed E-state index contributed by atoms with van der Waals surface area (Å²) >= 11 is 0. The van der Waals surface area contributed by atoms with Crippen molar-refractivity contribution in [2.75, 3.05) is 13.2 Å². The number of esters is 1. The van der Waals surface area contributed by atoms with Gasteiger partial charge in [-0.25, -0.2) is 0 Å². The zero-order valence-corrected chi connectivity index (χ0v) is 53.1. The van der Waals surface area contributed by atoms with Crippen molar-refractivity contribution in [1.29, 1.82) is 0 Å². The molecule has 6 nitrogen and oxygen atoms in total. The predicted octanol–water partition coefficient (Wildman–Crippen LogP) is 22.9. The zero-order chi connectivity index (χ0) is 57.1. The predicted molar refractivity (Wildman–Crippen MR) is 347 cm³/mol. The molecule has 0 saturated heterocycles. The van der Waals surface area contributed by atoms with E-state index >= 15 is 0 Å². The van der Waals surface area contributed by atoms with Crippen LogP contribution in [0.25, 0.3) is 0 Å². The third kappa shape index (κ3) is 64.8. The van der Waals surface area contributed by atoms with E-state index < -0.39 is 12.1 Å². The van der Waals surface area contributed by atoms with Crippen LogP contribution in [0.2, 0.25) is 0 Å². The first kappa shape index (κ1) is 76.8. The highest BCUT2D eigenvalue weighted by molar-refractivity contribution is 5.76. The van der Waals surface area contributed by atoms with Crippen molar-refractivity contribution in [2.24, 2.45) is 0 Å². The van der Waals surface area contributed by atoms with Crippen molar-refractivity contribution >= 4 is 11.9 Å². The molecule has 0 aromatic carbocycles. The number of nitrogens with one attached hydrogen (secondary N) is 1. The number of allylic oxidation sites excluding steroid dienone is 8. The molecule has 2 atom stereocenters. The van der Waals surface area contributed by atoms with E-state index in [9.17, 15) is 19.8 Å². The number of hydrogen-bond donors (Lipinski definition) is 3. The summed E-state index contributed by atoms with van der Waals surface area (Å²) in [7, 11) is 0. The molecule has 3 N–H and O–H groups in total. The van der Waals surface area contributed by atoms with Gasteiger partial charge in [-0.05, 0) is 83.5 Å². The molecule has 0 radical (unpaired) electrons. The Balaban J connectivity index is 3.38. The number of amides is 1. The van der Waals surface area contributed by atoms with Crippen LogP contribution in [0.4, 0.5) is 0 Å². The van der Waals surface area contributed by atoms with Crippen molar-refractivity contribution in [2.45, 2.75) is 392 Å². The van der Waals surface area contributed by atoms with Gasteiger partial charge in [0.05, 0.1) is 25.4 Å². The standard InChI is InChI=1S/C73H137NO5/c1-3-5-7-9-11-13-15-17-38-41-45-49-53-57-61-65-71(76)70(69-75)74-72(77)66-62-58-54-50-46-42-39-36-34-32-30-28-26-24-22-20-19-21-23-25-27-29-31-33-35-37-40-44-48-52-56-60-64-68-79-73(78)67-63-59-55-51-47-43-18-16-14-12-10-8-6-4-2/h10,12,16,18,23,25,29,31,70-71,75-76H,3-9,11,13-15,17,19-22,24,26-28,30,32-69H2,1-2H3,(H,74,77)/b12-10-,18-16-,25-23-,31-29-. The summed E-state index contributed by atoms with van der Waals surface area (Å²) in [5.74, 6) is -0.0314. The third-order valence-electron chi connectivity index (χ3n) is 16.4. The smallest absolute Gasteiger partial charge is 0.305 e. The lowest BCUT2D eigenvalue weighted by atomic mass is 10.0. The van der Waals surface area contributed by atoms with Crippen molar-refractivity contribution in [3.63, 3.8) is 0 Å². The van der Waals surface area contributed by atoms with Crippen LogP contribution in [0.3, 0.4) is 0 Å². The number of hydrogen-bond acceptors (Lipinski definition) is 5. The molecule has 2 unspecified atom stereocenters. The molecular weight excluding hydrogens is 971 g/mol. The summed E-state index contributed by atoms with van der Waals surface area (Å²) in [6.45, 7) is 4.93. The van der Waals surface area contributed by atoms with E-state index in [4.69, 9.17) is 4.74 Å². The largest absolute Gasteiger partial charge is 0.466 e. The average Bonchev–Trinajstić information content (AvgIpc) is 3.45. The van der Waals surface area contributed by atoms with Crippen molar-refractivity contribution < 1.29 is 24.5 Å². The summed E-state index contributed by atoms with van der Waals surface area (Å²) in [6, 6.07) is -0.540. The second kappa shape index (κ2) is 68.3. The normalized spacial score (nSPS) is 12.8. The SMILES string of the molecule is CCCC/C=C\C/C=C\CCCCCCCC(=O)OCCCCCCCCCCC/C=C\C/C=C\CCCCCCCCCCCCCCCCCCCC(=O)NC(CO)C(O)CCCCCCCCCCCCCCCCC. The highest BCUT2D eigenvalue weighted by atomic mass is 16.5. The maximum absolute atomic E-state index is 12.5. The van der Waals surface area contributed by atoms with Crippen molar-refractivity contribution in [1.82, 2.24) is 5.32 Å². The van der Waals surface area contributed by atoms with Gasteiger partial charge in [-0.2, -0.15) is 0 Å². The average molecular weight is 1110 g/mol. The van der Waals surface area contributed by atoms with Crippen LogP contribution in [0.1, 0.15) is 380 Å². The second-order valence-corrected chi connectivity index (χ2v) is 24.2. The number of ether oxygens (including phenoxy) is 1. The zero-order valence-electron chi connectivity index (χ0n) is 53.1. The van der Waals surface area contributed by atoms with Crippen LogP contribution >= 0.6 is 0 Å². The Labute approximate surface area is 493 Å². The highest BCUT2D eigenvalue weighted by Crippen LogP contribution is 2.18. The fourth-order valence-corrected chi connectivity index (χ4v) is 10.9. The van der Waals surface area contributed by atoms with E-state index in [-0.39, 0.29) is 18.5 Å². The molecule has 79 heavy (non-hydrogen) atoms. The molecule has 0 saturated carbocycles. The van der Waals surface area contributed by atoms with Gasteiger partial charge in [0.2, 0.25) is 5.91 Å². The molecule has 0 spiro atoms. The summed E-state index contributed by atoms with van der Waals surface area (Å²) in [5, 5.41) is 23.3. The van der Waals surface area contributed by atoms with Gasteiger partial charge in [-0.15, -0.1) is 0 Å². The Morgan fingerprint density at radius 3 is 1.00 bits per heavy atom. The molecule has 0 aromatic rings. The van der Waals surface area contributed by atoms with Gasteiger partial charge in [-0.1, -0.05) is 332 Å². The van der Waals surface area contributed by atoms with E-state index in [1.165, 1.54) is 289 Å². The summed E-state index contributed by atoms with van der Waals surface area (Å²) in [4.78, 5) is 24.6. The van der Waals surface area contributed by atoms with Crippen LogP contribution in [0.5, 0.6) is 0 Å². The van der Waals surface area contributed by atoms with Crippen LogP contribution in [-0.2, 0) is 14.3 Å². The van der Waals surface area contributed by atoms with Crippen molar-refractivity contribution in [3.05, 3.63) is 48.6 Å². The minimum absolute atomic E-state index is 0.000478. The van der Waals surface area contributed by atoms with Crippen LogP contribution < -0.4 is 5.32 Å². The molecule has 0 rings (SSSR count). The Kier molecular flexibility index (Phi) is 66.4. The van der Waals surface area contributed by atoms with Gasteiger partial charge in [0.15, 0.2) is 0 Å². The molecule has 1 amide bonds. The van der Waals surface area contributed by atoms with Gasteiger partial charge in [0.25, 0.3) is 0 Å². The first-order chi connectivity index (χ1) is 39.0. The quantitative estimate of drug-likeness (QED) is 0.0320. The first-order valence-electron chi connectivity index (χ1n) is 35.4. The van der Waals surface area contributed by atoms with E-state index in [1.54, 1.807) is 0 Å². The molecule has 464 valence electrons. The maximum atomic E-state index is 12.5. The molecule has 0 aromatic heterocycles. The van der Waals surface area contributed by atoms with Crippen molar-refractivity contribution in [3.8, 4) is 0 Å². The Morgan fingerprint density at radius 2 is 0.646 bits per heavy atom. The van der Waals surface area contributed by atoms with Gasteiger partial charge < -0.3 is 20.3 Å². The molecule has 0 aliphatic carbocycles. The Hall–Kier alpha value is -2.18. The topological polar surface area (TPSA) is 95.9 Å². The Morgan fingerprint density at radius 1 is 0.354 bits per heavy atom. The third-order valence-corrected chi connectivity index (χ3v) is 16.4.